The van der Waals surface area contributed by atoms with E-state index in [-0.39, 0.29) is 14.5 Å². The van der Waals surface area contributed by atoms with Crippen LogP contribution in [0.5, 0.6) is 5.75 Å². The molecule has 0 saturated heterocycles. The minimum atomic E-state index is -2.06. The zero-order valence-corrected chi connectivity index (χ0v) is 22.1. The second-order valence-corrected chi connectivity index (χ2v) is 17.5. The Labute approximate surface area is 189 Å². The van der Waals surface area contributed by atoms with Gasteiger partial charge in [-0.15, -0.1) is 0 Å². The molecule has 4 rings (SSSR count). The molecule has 0 aliphatic carbocycles. The number of nitrogens with zero attached hydrogens (tertiary/aromatic N) is 1. The predicted molar refractivity (Wildman–Crippen MR) is 128 cm³/mol. The van der Waals surface area contributed by atoms with Crippen molar-refractivity contribution in [1.29, 1.82) is 0 Å². The maximum atomic E-state index is 10.1. The van der Waals surface area contributed by atoms with Gasteiger partial charge in [0.1, 0.15) is 0 Å². The first-order valence-corrected chi connectivity index (χ1v) is 15.3. The second-order valence-electron chi connectivity index (χ2n) is 6.76. The van der Waals surface area contributed by atoms with Gasteiger partial charge in [0.15, 0.2) is 0 Å². The Bertz CT molecular complexity index is 1190. The molecule has 1 aliphatic rings. The monoisotopic (exact) mass is 665 g/mol. The summed E-state index contributed by atoms with van der Waals surface area (Å²) < 4.78 is 4.95. The summed E-state index contributed by atoms with van der Waals surface area (Å²) in [5, 5.41) is 14.6. The molecule has 1 aliphatic heterocycles. The van der Waals surface area contributed by atoms with Gasteiger partial charge in [0.25, 0.3) is 0 Å². The number of hydrogen-bond donors (Lipinski definition) is 1. The van der Waals surface area contributed by atoms with Gasteiger partial charge in [-0.05, 0) is 0 Å². The van der Waals surface area contributed by atoms with Gasteiger partial charge in [-0.1, -0.05) is 0 Å². The molecule has 0 bridgehead atoms. The van der Waals surface area contributed by atoms with Crippen molar-refractivity contribution >= 4 is 99.7 Å². The molecule has 2 heterocycles. The SMILES string of the molecule is C=c1ccc2c(c1-c1[se]c(I)c(Br)c1Br)[Si](C)(C)c1cc(O)ccc1N=2. The summed E-state index contributed by atoms with van der Waals surface area (Å²) in [6.07, 6.45) is 0. The molecule has 0 saturated carbocycles. The number of phenols is 1. The fourth-order valence-electron chi connectivity index (χ4n) is 3.53. The van der Waals surface area contributed by atoms with E-state index < -0.39 is 8.07 Å². The zero-order chi connectivity index (χ0) is 18.8. The molecule has 1 aromatic heterocycles. The number of hydrogen-bond acceptors (Lipinski definition) is 2. The summed E-state index contributed by atoms with van der Waals surface area (Å²) in [7, 11) is -2.06. The first kappa shape index (κ1) is 19.1. The summed E-state index contributed by atoms with van der Waals surface area (Å²) in [5.41, 5.74) is 2.22. The van der Waals surface area contributed by atoms with Crippen LogP contribution in [0.2, 0.25) is 13.1 Å². The molecular formula is C19H14Br2INOSeSi. The average molecular weight is 666 g/mol. The Morgan fingerprint density at radius 2 is 1.88 bits per heavy atom. The summed E-state index contributed by atoms with van der Waals surface area (Å²) in [4.78, 5) is 4.92. The Balaban J connectivity index is 2.15. The fraction of sp³-hybridized carbons (Fsp3) is 0.105. The van der Waals surface area contributed by atoms with E-state index in [1.807, 2.05) is 12.1 Å². The van der Waals surface area contributed by atoms with Crippen LogP contribution in [0, 0.1) is 2.44 Å². The van der Waals surface area contributed by atoms with E-state index in [2.05, 4.69) is 86.3 Å². The van der Waals surface area contributed by atoms with Crippen molar-refractivity contribution < 1.29 is 5.11 Å². The molecule has 1 N–H and O–H groups in total. The van der Waals surface area contributed by atoms with Crippen LogP contribution in [0.4, 0.5) is 5.69 Å². The van der Waals surface area contributed by atoms with E-state index >= 15 is 0 Å². The third kappa shape index (κ3) is 2.86. The van der Waals surface area contributed by atoms with E-state index in [0.29, 0.717) is 5.75 Å². The molecule has 7 heteroatoms. The maximum absolute atomic E-state index is 10.1. The number of aromatic hydroxyl groups is 1. The van der Waals surface area contributed by atoms with Crippen molar-refractivity contribution in [2.24, 2.45) is 4.99 Å². The molecule has 0 radical (unpaired) electrons. The van der Waals surface area contributed by atoms with Crippen LogP contribution in [0.1, 0.15) is 0 Å². The number of fused-ring (bicyclic) bond motifs is 2. The zero-order valence-electron chi connectivity index (χ0n) is 14.0. The van der Waals surface area contributed by atoms with Crippen molar-refractivity contribution in [2.45, 2.75) is 13.1 Å². The van der Waals surface area contributed by atoms with Gasteiger partial charge < -0.3 is 0 Å². The predicted octanol–water partition coefficient (Wildman–Crippen LogP) is 3.74. The quantitative estimate of drug-likeness (QED) is 0.312. The van der Waals surface area contributed by atoms with Crippen LogP contribution in [-0.2, 0) is 0 Å². The molecule has 26 heavy (non-hydrogen) atoms. The molecule has 0 amide bonds. The molecule has 2 nitrogen and oxygen atoms in total. The van der Waals surface area contributed by atoms with E-state index in [1.54, 1.807) is 6.07 Å². The van der Waals surface area contributed by atoms with Crippen molar-refractivity contribution in [3.8, 4) is 15.8 Å². The molecule has 0 spiro atoms. The number of halogens is 3. The van der Waals surface area contributed by atoms with E-state index in [4.69, 9.17) is 4.99 Å². The van der Waals surface area contributed by atoms with Gasteiger partial charge in [-0.2, -0.15) is 0 Å². The summed E-state index contributed by atoms with van der Waals surface area (Å²) >= 11 is 10.2. The number of rotatable bonds is 1. The van der Waals surface area contributed by atoms with Crippen LogP contribution in [-0.4, -0.2) is 27.7 Å². The van der Waals surface area contributed by atoms with Gasteiger partial charge >= 0.3 is 191 Å². The molecule has 132 valence electrons. The topological polar surface area (TPSA) is 32.6 Å². The molecular weight excluding hydrogens is 652 g/mol. The molecule has 0 atom stereocenters. The Kier molecular flexibility index (Phi) is 4.94. The number of benzene rings is 2. The van der Waals surface area contributed by atoms with Crippen molar-refractivity contribution in [1.82, 2.24) is 0 Å². The number of phenolic OH excluding ortho intramolecular Hbond substituents is 1. The van der Waals surface area contributed by atoms with Crippen molar-refractivity contribution in [2.75, 3.05) is 0 Å². The molecule has 3 aromatic rings. The van der Waals surface area contributed by atoms with Gasteiger partial charge in [0.2, 0.25) is 0 Å². The van der Waals surface area contributed by atoms with Crippen LogP contribution < -0.4 is 20.9 Å². The Morgan fingerprint density at radius 1 is 1.15 bits per heavy atom. The van der Waals surface area contributed by atoms with Gasteiger partial charge in [-0.3, -0.25) is 0 Å². The Hall–Kier alpha value is -0.184. The van der Waals surface area contributed by atoms with Crippen LogP contribution in [0.3, 0.4) is 0 Å². The van der Waals surface area contributed by atoms with Crippen molar-refractivity contribution in [3.63, 3.8) is 0 Å². The van der Waals surface area contributed by atoms with Crippen LogP contribution in [0.15, 0.2) is 44.3 Å². The molecule has 0 fully saturated rings. The third-order valence-corrected chi connectivity index (χ3v) is 16.1. The van der Waals surface area contributed by atoms with Gasteiger partial charge in [0, 0.05) is 0 Å². The van der Waals surface area contributed by atoms with Crippen molar-refractivity contribution in [3.05, 3.63) is 52.3 Å². The summed E-state index contributed by atoms with van der Waals surface area (Å²) in [6, 6.07) is 9.72. The Morgan fingerprint density at radius 3 is 2.54 bits per heavy atom. The minimum absolute atomic E-state index is 0.239. The summed E-state index contributed by atoms with van der Waals surface area (Å²) in [5.74, 6) is 0.305. The first-order chi connectivity index (χ1) is 12.2. The first-order valence-electron chi connectivity index (χ1n) is 7.90. The third-order valence-electron chi connectivity index (χ3n) is 4.77. The van der Waals surface area contributed by atoms with Gasteiger partial charge in [-0.25, -0.2) is 0 Å². The van der Waals surface area contributed by atoms with E-state index in [1.165, 1.54) is 22.8 Å². The standard InChI is InChI=1S/C19H14Br2INOSeSi/c1-9-4-6-12-18(14(9)17-15(20)16(21)19(22)25-17)26(2,3)13-8-10(24)5-7-11(13)23-12/h4-8,24H,1H2,2-3H3. The normalized spacial score (nSPS) is 14.5. The molecule has 2 aromatic carbocycles. The van der Waals surface area contributed by atoms with E-state index in [9.17, 15) is 5.11 Å². The molecule has 0 unspecified atom stereocenters. The van der Waals surface area contributed by atoms with Crippen LogP contribution >= 0.6 is 54.5 Å². The summed E-state index contributed by atoms with van der Waals surface area (Å²) in [6.45, 7) is 9.02. The second kappa shape index (κ2) is 6.71. The average Bonchev–Trinajstić information content (AvgIpc) is 2.84. The van der Waals surface area contributed by atoms with E-state index in [0.717, 1.165) is 25.2 Å². The van der Waals surface area contributed by atoms with Crippen LogP contribution in [0.25, 0.3) is 16.6 Å². The van der Waals surface area contributed by atoms with Gasteiger partial charge in [0.05, 0.1) is 0 Å². The fourth-order valence-corrected chi connectivity index (χ4v) is 12.7.